The Morgan fingerprint density at radius 2 is 2.25 bits per heavy atom. The molecule has 3 fully saturated rings. The van der Waals surface area contributed by atoms with Crippen LogP contribution >= 0.6 is 0 Å². The lowest BCUT2D eigenvalue weighted by Crippen LogP contribution is -2.56. The van der Waals surface area contributed by atoms with Crippen LogP contribution in [0.5, 0.6) is 0 Å². The highest BCUT2D eigenvalue weighted by Gasteiger charge is 2.79. The van der Waals surface area contributed by atoms with Crippen molar-refractivity contribution in [2.45, 2.75) is 18.9 Å². The molecule has 1 unspecified atom stereocenters. The molecule has 2 aliphatic heterocycles. The molecular formula is C15H16O5. The van der Waals surface area contributed by atoms with E-state index in [9.17, 15) is 14.7 Å². The van der Waals surface area contributed by atoms with Crippen LogP contribution in [0.15, 0.2) is 23.8 Å². The van der Waals surface area contributed by atoms with Crippen LogP contribution in [0.4, 0.5) is 0 Å². The smallest absolute Gasteiger partial charge is 0.341 e. The molecular weight excluding hydrogens is 260 g/mol. The number of esters is 1. The first-order chi connectivity index (χ1) is 9.44. The second kappa shape index (κ2) is 3.34. The van der Waals surface area contributed by atoms with Gasteiger partial charge in [0.2, 0.25) is 0 Å². The van der Waals surface area contributed by atoms with Gasteiger partial charge in [0.1, 0.15) is 0 Å². The van der Waals surface area contributed by atoms with Crippen molar-refractivity contribution in [3.8, 4) is 0 Å². The number of allylic oxidation sites excluding steroid dienone is 2. The minimum absolute atomic E-state index is 0.00134. The molecule has 4 aliphatic rings. The van der Waals surface area contributed by atoms with E-state index in [1.54, 1.807) is 0 Å². The summed E-state index contributed by atoms with van der Waals surface area (Å²) in [5.41, 5.74) is 0.0103. The van der Waals surface area contributed by atoms with Gasteiger partial charge in [-0.2, -0.15) is 0 Å². The van der Waals surface area contributed by atoms with E-state index in [1.165, 1.54) is 0 Å². The molecule has 20 heavy (non-hydrogen) atoms. The quantitative estimate of drug-likeness (QED) is 0.442. The Kier molecular flexibility index (Phi) is 2.03. The summed E-state index contributed by atoms with van der Waals surface area (Å²) < 4.78 is 10.8. The molecule has 4 rings (SSSR count). The highest BCUT2D eigenvalue weighted by Crippen LogP contribution is 2.70. The number of carbonyl (C=O) groups excluding carboxylic acids is 1. The first-order valence-electron chi connectivity index (χ1n) is 6.88. The molecule has 1 saturated carbocycles. The van der Waals surface area contributed by atoms with Crippen LogP contribution in [0.25, 0.3) is 0 Å². The molecule has 0 bridgehead atoms. The minimum atomic E-state index is -0.942. The topological polar surface area (TPSA) is 76.1 Å². The van der Waals surface area contributed by atoms with Gasteiger partial charge in [-0.3, -0.25) is 0 Å². The Balaban J connectivity index is 1.91. The molecule has 0 amide bonds. The molecule has 5 heteroatoms. The minimum Gasteiger partial charge on any atom is -0.478 e. The third-order valence-corrected chi connectivity index (χ3v) is 5.80. The average Bonchev–Trinajstić information content (AvgIpc) is 3.07. The van der Waals surface area contributed by atoms with Gasteiger partial charge in [-0.05, 0) is 18.3 Å². The van der Waals surface area contributed by atoms with E-state index in [2.05, 4.69) is 13.5 Å². The molecule has 2 saturated heterocycles. The lowest BCUT2D eigenvalue weighted by atomic mass is 9.61. The van der Waals surface area contributed by atoms with Gasteiger partial charge in [-0.1, -0.05) is 25.2 Å². The maximum absolute atomic E-state index is 12.2. The van der Waals surface area contributed by atoms with E-state index in [1.807, 2.05) is 6.08 Å². The Morgan fingerprint density at radius 1 is 1.55 bits per heavy atom. The molecule has 0 aromatic carbocycles. The average molecular weight is 276 g/mol. The number of hydrogen-bond acceptors (Lipinski definition) is 4. The standard InChI is InChI=1S/C15H16O5/c1-7-4-14-10(8(7)2)3-9(12(16)17)11(14)5-19-13(18)15(14)6-20-15/h3,8,10-11H,1,4-6H2,2H3,(H,16,17)/t8?,10-,11+,14-,15-/m1/s1. The van der Waals surface area contributed by atoms with Crippen molar-refractivity contribution < 1.29 is 24.2 Å². The Hall–Kier alpha value is -1.62. The van der Waals surface area contributed by atoms with Crippen molar-refractivity contribution in [2.75, 3.05) is 13.2 Å². The Morgan fingerprint density at radius 3 is 2.85 bits per heavy atom. The summed E-state index contributed by atoms with van der Waals surface area (Å²) >= 11 is 0. The number of ether oxygens (including phenoxy) is 2. The maximum Gasteiger partial charge on any atom is 0.341 e. The molecule has 2 spiro atoms. The molecule has 0 radical (unpaired) electrons. The fraction of sp³-hybridized carbons (Fsp3) is 0.600. The number of carbonyl (C=O) groups is 2. The van der Waals surface area contributed by atoms with Crippen LogP contribution in [0, 0.1) is 23.2 Å². The van der Waals surface area contributed by atoms with E-state index in [4.69, 9.17) is 9.47 Å². The number of carboxylic acid groups (broad SMARTS) is 1. The number of hydrogen-bond donors (Lipinski definition) is 1. The molecule has 5 atom stereocenters. The van der Waals surface area contributed by atoms with E-state index in [-0.39, 0.29) is 30.3 Å². The van der Waals surface area contributed by atoms with Crippen LogP contribution in [0.1, 0.15) is 13.3 Å². The Labute approximate surface area is 116 Å². The summed E-state index contributed by atoms with van der Waals surface area (Å²) in [6.07, 6.45) is 2.47. The lowest BCUT2D eigenvalue weighted by Gasteiger charge is -2.44. The zero-order valence-electron chi connectivity index (χ0n) is 11.2. The molecule has 0 aromatic rings. The van der Waals surface area contributed by atoms with Crippen LogP contribution in [-0.4, -0.2) is 35.9 Å². The molecule has 1 N–H and O–H groups in total. The van der Waals surface area contributed by atoms with E-state index >= 15 is 0 Å². The predicted molar refractivity (Wildman–Crippen MR) is 67.7 cm³/mol. The monoisotopic (exact) mass is 276 g/mol. The predicted octanol–water partition coefficient (Wildman–Crippen LogP) is 1.15. The summed E-state index contributed by atoms with van der Waals surface area (Å²) in [5.74, 6) is -1.37. The molecule has 2 aliphatic carbocycles. The molecule has 106 valence electrons. The van der Waals surface area contributed by atoms with Gasteiger partial charge in [-0.25, -0.2) is 9.59 Å². The second-order valence-electron chi connectivity index (χ2n) is 6.38. The highest BCUT2D eigenvalue weighted by molar-refractivity contribution is 5.92. The zero-order chi connectivity index (χ0) is 14.3. The first-order valence-corrected chi connectivity index (χ1v) is 6.88. The number of epoxide rings is 1. The summed E-state index contributed by atoms with van der Waals surface area (Å²) in [6, 6.07) is 0. The van der Waals surface area contributed by atoms with Crippen molar-refractivity contribution in [1.29, 1.82) is 0 Å². The van der Waals surface area contributed by atoms with Crippen LogP contribution < -0.4 is 0 Å². The molecule has 2 heterocycles. The fourth-order valence-corrected chi connectivity index (χ4v) is 4.67. The van der Waals surface area contributed by atoms with Crippen molar-refractivity contribution in [2.24, 2.45) is 23.2 Å². The number of carboxylic acids is 1. The van der Waals surface area contributed by atoms with Crippen molar-refractivity contribution in [3.05, 3.63) is 23.8 Å². The van der Waals surface area contributed by atoms with E-state index in [0.717, 1.165) is 5.57 Å². The lowest BCUT2D eigenvalue weighted by molar-refractivity contribution is -0.174. The summed E-state index contributed by atoms with van der Waals surface area (Å²) in [4.78, 5) is 23.7. The van der Waals surface area contributed by atoms with Gasteiger partial charge in [-0.15, -0.1) is 0 Å². The Bertz CT molecular complexity index is 585. The third-order valence-electron chi connectivity index (χ3n) is 5.80. The van der Waals surface area contributed by atoms with E-state index < -0.39 is 17.0 Å². The number of aliphatic carboxylic acids is 1. The van der Waals surface area contributed by atoms with Gasteiger partial charge < -0.3 is 14.6 Å². The maximum atomic E-state index is 12.2. The van der Waals surface area contributed by atoms with Gasteiger partial charge >= 0.3 is 11.9 Å². The summed E-state index contributed by atoms with van der Waals surface area (Å²) in [7, 11) is 0. The normalized spacial score (nSPS) is 48.6. The summed E-state index contributed by atoms with van der Waals surface area (Å²) in [6.45, 7) is 6.63. The number of rotatable bonds is 1. The van der Waals surface area contributed by atoms with Gasteiger partial charge in [0.25, 0.3) is 0 Å². The van der Waals surface area contributed by atoms with Gasteiger partial charge in [0, 0.05) is 16.9 Å². The fourth-order valence-electron chi connectivity index (χ4n) is 4.67. The molecule has 5 nitrogen and oxygen atoms in total. The van der Waals surface area contributed by atoms with Gasteiger partial charge in [0.15, 0.2) is 5.60 Å². The second-order valence-corrected chi connectivity index (χ2v) is 6.38. The van der Waals surface area contributed by atoms with Gasteiger partial charge in [0.05, 0.1) is 13.2 Å². The largest absolute Gasteiger partial charge is 0.478 e. The van der Waals surface area contributed by atoms with Crippen LogP contribution in [0.3, 0.4) is 0 Å². The number of cyclic esters (lactones) is 1. The van der Waals surface area contributed by atoms with Crippen LogP contribution in [-0.2, 0) is 19.1 Å². The zero-order valence-corrected chi connectivity index (χ0v) is 11.2. The molecule has 0 aromatic heterocycles. The van der Waals surface area contributed by atoms with Crippen molar-refractivity contribution in [3.63, 3.8) is 0 Å². The summed E-state index contributed by atoms with van der Waals surface area (Å²) in [5, 5.41) is 9.44. The first kappa shape index (κ1) is 12.1. The van der Waals surface area contributed by atoms with Crippen molar-refractivity contribution >= 4 is 11.9 Å². The third kappa shape index (κ3) is 1.06. The van der Waals surface area contributed by atoms with Crippen molar-refractivity contribution in [1.82, 2.24) is 0 Å². The van der Waals surface area contributed by atoms with E-state index in [0.29, 0.717) is 18.6 Å². The SMILES string of the molecule is C=C1C[C@@]23[C@H](C=C(C(=O)O)[C@@H]2COC(=O)[C@]32CO2)C1C. The van der Waals surface area contributed by atoms with Crippen LogP contribution in [0.2, 0.25) is 0 Å². The highest BCUT2D eigenvalue weighted by atomic mass is 16.6.